The molecule has 0 heteroatoms. The topological polar surface area (TPSA) is 0 Å². The summed E-state index contributed by atoms with van der Waals surface area (Å²) in [5.41, 5.74) is 9.99. The van der Waals surface area contributed by atoms with Gasteiger partial charge in [0, 0.05) is 11.1 Å². The fourth-order valence-electron chi connectivity index (χ4n) is 1.88. The van der Waals surface area contributed by atoms with E-state index in [0.29, 0.717) is 0 Å². The molecule has 0 atom stereocenters. The van der Waals surface area contributed by atoms with Crippen LogP contribution in [0.3, 0.4) is 0 Å². The first kappa shape index (κ1) is 12.0. The zero-order valence-electron chi connectivity index (χ0n) is 10.2. The lowest BCUT2D eigenvalue weighted by molar-refractivity contribution is 1.59. The average Bonchev–Trinajstić information content (AvgIpc) is 2.46. The van der Waals surface area contributed by atoms with Crippen LogP contribution in [0.4, 0.5) is 0 Å². The summed E-state index contributed by atoms with van der Waals surface area (Å²) in [4.78, 5) is 0. The van der Waals surface area contributed by atoms with Crippen LogP contribution in [0.2, 0.25) is 0 Å². The van der Waals surface area contributed by atoms with Gasteiger partial charge in [-0.1, -0.05) is 73.8 Å². The Bertz CT molecular complexity index is 561. The summed E-state index contributed by atoms with van der Waals surface area (Å²) in [5.74, 6) is 0. The predicted molar refractivity (Wildman–Crippen MR) is 78.0 cm³/mol. The van der Waals surface area contributed by atoms with Crippen LogP contribution >= 0.6 is 0 Å². The van der Waals surface area contributed by atoms with Crippen molar-refractivity contribution < 1.29 is 0 Å². The van der Waals surface area contributed by atoms with E-state index in [2.05, 4.69) is 24.6 Å². The quantitative estimate of drug-likeness (QED) is 0.528. The monoisotopic (exact) mass is 230 g/mol. The van der Waals surface area contributed by atoms with E-state index in [9.17, 15) is 0 Å². The first-order valence-electron chi connectivity index (χ1n) is 5.78. The Morgan fingerprint density at radius 1 is 0.611 bits per heavy atom. The summed E-state index contributed by atoms with van der Waals surface area (Å²) in [5, 5.41) is 0. The van der Waals surface area contributed by atoms with Crippen LogP contribution in [0.1, 0.15) is 11.1 Å². The van der Waals surface area contributed by atoms with Crippen molar-refractivity contribution in [3.05, 3.63) is 96.4 Å². The summed E-state index contributed by atoms with van der Waals surface area (Å²) in [6.07, 6.45) is 0. The van der Waals surface area contributed by atoms with Gasteiger partial charge in [-0.3, -0.25) is 0 Å². The van der Waals surface area contributed by atoms with Crippen LogP contribution < -0.4 is 0 Å². The third-order valence-corrected chi connectivity index (χ3v) is 2.73. The predicted octanol–water partition coefficient (Wildman–Crippen LogP) is 4.72. The van der Waals surface area contributed by atoms with Crippen LogP contribution in [0.15, 0.2) is 85.3 Å². The summed E-state index contributed by atoms with van der Waals surface area (Å²) in [7, 11) is 0. The lowest BCUT2D eigenvalue weighted by Crippen LogP contribution is -1.88. The van der Waals surface area contributed by atoms with Crippen LogP contribution in [0, 0.1) is 0 Å². The zero-order chi connectivity index (χ0) is 12.8. The first-order valence-corrected chi connectivity index (χ1v) is 5.78. The summed E-state index contributed by atoms with van der Waals surface area (Å²) in [6, 6.07) is 20.1. The molecule has 0 nitrogen and oxygen atoms in total. The molecule has 0 aromatic heterocycles. The molecule has 18 heavy (non-hydrogen) atoms. The maximum absolute atomic E-state index is 3.78. The van der Waals surface area contributed by atoms with Crippen molar-refractivity contribution >= 4 is 11.1 Å². The van der Waals surface area contributed by atoms with E-state index in [-0.39, 0.29) is 0 Å². The highest BCUT2D eigenvalue weighted by molar-refractivity contribution is 6.04. The number of hydrogen-bond donors (Lipinski definition) is 0. The van der Waals surface area contributed by atoms with E-state index in [1.807, 2.05) is 60.7 Å². The third-order valence-electron chi connectivity index (χ3n) is 2.73. The molecular formula is C18H14. The van der Waals surface area contributed by atoms with E-state index in [1.54, 1.807) is 0 Å². The molecule has 0 spiro atoms. The maximum atomic E-state index is 3.78. The summed E-state index contributed by atoms with van der Waals surface area (Å²) in [6.45, 7) is 7.56. The molecule has 0 aliphatic heterocycles. The second-order valence-electron chi connectivity index (χ2n) is 3.84. The molecule has 0 amide bonds. The molecule has 0 heterocycles. The van der Waals surface area contributed by atoms with Crippen molar-refractivity contribution in [3.8, 4) is 0 Å². The van der Waals surface area contributed by atoms with Crippen molar-refractivity contribution in [2.24, 2.45) is 0 Å². The van der Waals surface area contributed by atoms with E-state index in [0.717, 1.165) is 22.3 Å². The fourth-order valence-corrected chi connectivity index (χ4v) is 1.88. The molecule has 0 radical (unpaired) electrons. The molecule has 0 saturated heterocycles. The molecule has 0 aliphatic carbocycles. The van der Waals surface area contributed by atoms with Gasteiger partial charge in [0.15, 0.2) is 0 Å². The van der Waals surface area contributed by atoms with Gasteiger partial charge in [0.25, 0.3) is 0 Å². The van der Waals surface area contributed by atoms with Crippen LogP contribution in [-0.4, -0.2) is 0 Å². The lowest BCUT2D eigenvalue weighted by atomic mass is 9.94. The molecule has 2 aromatic rings. The lowest BCUT2D eigenvalue weighted by Gasteiger charge is -2.08. The van der Waals surface area contributed by atoms with Gasteiger partial charge in [-0.05, 0) is 11.1 Å². The van der Waals surface area contributed by atoms with Crippen molar-refractivity contribution in [3.63, 3.8) is 0 Å². The maximum Gasteiger partial charge on any atom is 0.0386 e. The first-order chi connectivity index (χ1) is 8.86. The molecule has 0 N–H and O–H groups in total. The van der Waals surface area contributed by atoms with Gasteiger partial charge in [0.05, 0.1) is 0 Å². The Morgan fingerprint density at radius 3 is 1.22 bits per heavy atom. The van der Waals surface area contributed by atoms with Crippen molar-refractivity contribution in [1.29, 1.82) is 0 Å². The summed E-state index contributed by atoms with van der Waals surface area (Å²) >= 11 is 0. The van der Waals surface area contributed by atoms with Crippen molar-refractivity contribution in [2.45, 2.75) is 0 Å². The molecule has 0 fully saturated rings. The van der Waals surface area contributed by atoms with Crippen LogP contribution in [0.25, 0.3) is 11.1 Å². The number of benzene rings is 2. The van der Waals surface area contributed by atoms with Crippen LogP contribution in [-0.2, 0) is 0 Å². The van der Waals surface area contributed by atoms with Crippen LogP contribution in [0.5, 0.6) is 0 Å². The van der Waals surface area contributed by atoms with Gasteiger partial charge >= 0.3 is 0 Å². The largest absolute Gasteiger partial charge is 0.119 e. The highest BCUT2D eigenvalue weighted by atomic mass is 14.1. The molecular weight excluding hydrogens is 216 g/mol. The molecule has 0 bridgehead atoms. The van der Waals surface area contributed by atoms with E-state index < -0.39 is 0 Å². The number of rotatable bonds is 3. The molecule has 2 rings (SSSR count). The smallest absolute Gasteiger partial charge is 0.0386 e. The van der Waals surface area contributed by atoms with Crippen molar-refractivity contribution in [2.75, 3.05) is 0 Å². The normalized spacial score (nSPS) is 9.11. The Labute approximate surface area is 108 Å². The third kappa shape index (κ3) is 2.42. The van der Waals surface area contributed by atoms with Gasteiger partial charge < -0.3 is 0 Å². The minimum absolute atomic E-state index is 0.928. The number of allylic oxidation sites excluding steroid dienone is 2. The molecule has 0 saturated carbocycles. The molecule has 86 valence electrons. The second kappa shape index (κ2) is 5.70. The summed E-state index contributed by atoms with van der Waals surface area (Å²) < 4.78 is 0. The minimum Gasteiger partial charge on any atom is -0.119 e. The Morgan fingerprint density at radius 2 is 0.944 bits per heavy atom. The standard InChI is InChI=1S/C18H14/c1-3-17(15-11-7-5-8-12-15)18(4-2)16-13-9-6-10-14-16/h5-14H,1-2H2. The fraction of sp³-hybridized carbons (Fsp3) is 0. The molecule has 0 unspecified atom stereocenters. The highest BCUT2D eigenvalue weighted by Gasteiger charge is 2.08. The molecule has 0 aliphatic rings. The van der Waals surface area contributed by atoms with Gasteiger partial charge in [0.1, 0.15) is 0 Å². The van der Waals surface area contributed by atoms with E-state index in [1.165, 1.54) is 0 Å². The van der Waals surface area contributed by atoms with Gasteiger partial charge in [0.2, 0.25) is 0 Å². The Hall–Kier alpha value is -2.52. The van der Waals surface area contributed by atoms with Crippen molar-refractivity contribution in [1.82, 2.24) is 0 Å². The Balaban J connectivity index is 2.53. The number of hydrogen-bond acceptors (Lipinski definition) is 0. The second-order valence-corrected chi connectivity index (χ2v) is 3.84. The minimum atomic E-state index is 0.928. The van der Waals surface area contributed by atoms with E-state index in [4.69, 9.17) is 0 Å². The van der Waals surface area contributed by atoms with Gasteiger partial charge in [-0.25, -0.2) is 0 Å². The van der Waals surface area contributed by atoms with Gasteiger partial charge in [-0.15, -0.1) is 11.5 Å². The highest BCUT2D eigenvalue weighted by Crippen LogP contribution is 2.28. The zero-order valence-corrected chi connectivity index (χ0v) is 10.2. The van der Waals surface area contributed by atoms with E-state index >= 15 is 0 Å². The SMILES string of the molecule is C=C=C(C(=C=C)c1ccccc1)c1ccccc1. The average molecular weight is 230 g/mol. The van der Waals surface area contributed by atoms with Gasteiger partial charge in [-0.2, -0.15) is 0 Å². The Kier molecular flexibility index (Phi) is 3.79. The molecule has 2 aromatic carbocycles.